The number of benzene rings is 5. The first kappa shape index (κ1) is 50.7. The summed E-state index contributed by atoms with van der Waals surface area (Å²) in [7, 11) is 2.50. The molecule has 1 fully saturated rings. The SMILES string of the molecule is CNc1nc(OC(=O)N(c2ccccc2)c2ccccc2)c2ncn([C@@H]3O[C@H](COC(c4ccccc4)(c4ccc(OC)cc4)c4ccc(OC)cc4)[C@@H](O)[C@H]3OCO[Si](C(C)C)(C(C)C)C(C)C)c2n1. The van der Waals surface area contributed by atoms with E-state index in [9.17, 15) is 9.90 Å². The molecule has 2 aromatic heterocycles. The van der Waals surface area contributed by atoms with Crippen molar-refractivity contribution in [3.8, 4) is 17.4 Å². The van der Waals surface area contributed by atoms with Crippen molar-refractivity contribution >= 4 is 42.9 Å². The van der Waals surface area contributed by atoms with Gasteiger partial charge in [-0.15, -0.1) is 0 Å². The van der Waals surface area contributed by atoms with Gasteiger partial charge in [0.05, 0.1) is 38.5 Å². The summed E-state index contributed by atoms with van der Waals surface area (Å²) >= 11 is 0. The van der Waals surface area contributed by atoms with E-state index in [2.05, 4.69) is 51.8 Å². The normalized spacial score (nSPS) is 17.3. The first-order chi connectivity index (χ1) is 34.4. The molecule has 0 aliphatic carbocycles. The number of hydrogen-bond donors (Lipinski definition) is 2. The van der Waals surface area contributed by atoms with Gasteiger partial charge in [-0.2, -0.15) is 9.97 Å². The van der Waals surface area contributed by atoms with E-state index in [1.165, 1.54) is 11.2 Å². The fourth-order valence-electron chi connectivity index (χ4n) is 10.2. The zero-order valence-corrected chi connectivity index (χ0v) is 42.8. The van der Waals surface area contributed by atoms with Gasteiger partial charge < -0.3 is 43.3 Å². The summed E-state index contributed by atoms with van der Waals surface area (Å²) in [5.41, 5.74) is 3.73. The number of anilines is 3. The number of amides is 1. The zero-order chi connectivity index (χ0) is 50.3. The van der Waals surface area contributed by atoms with E-state index >= 15 is 0 Å². The number of methoxy groups -OCH3 is 2. The maximum atomic E-state index is 14.3. The smallest absolute Gasteiger partial charge is 0.425 e. The van der Waals surface area contributed by atoms with Gasteiger partial charge in [-0.1, -0.05) is 133 Å². The Morgan fingerprint density at radius 1 is 0.746 bits per heavy atom. The highest BCUT2D eigenvalue weighted by atomic mass is 28.4. The van der Waals surface area contributed by atoms with Gasteiger partial charge in [-0.05, 0) is 81.8 Å². The Hall–Kier alpha value is -6.66. The molecule has 1 amide bonds. The molecular formula is C55H64N6O9Si. The molecule has 1 saturated heterocycles. The molecule has 7 aromatic rings. The molecular weight excluding hydrogens is 917 g/mol. The first-order valence-electron chi connectivity index (χ1n) is 24.0. The number of para-hydroxylation sites is 2. The lowest BCUT2D eigenvalue weighted by Gasteiger charge is -2.42. The van der Waals surface area contributed by atoms with Gasteiger partial charge in [0.25, 0.3) is 5.88 Å². The van der Waals surface area contributed by atoms with E-state index < -0.39 is 44.6 Å². The van der Waals surface area contributed by atoms with E-state index in [1.807, 2.05) is 140 Å². The van der Waals surface area contributed by atoms with Crippen LogP contribution in [0.2, 0.25) is 16.6 Å². The van der Waals surface area contributed by atoms with E-state index in [0.717, 1.165) is 16.7 Å². The van der Waals surface area contributed by atoms with Crippen molar-refractivity contribution in [2.45, 2.75) is 88.3 Å². The van der Waals surface area contributed by atoms with Crippen LogP contribution in [0.25, 0.3) is 11.2 Å². The predicted octanol–water partition coefficient (Wildman–Crippen LogP) is 11.0. The number of carbonyl (C=O) groups is 1. The standard InChI is InChI=1S/C55H64N6O9Si/c1-36(2)71(37(3)4,38(5)6)68-35-66-49-48(62)46(33-67-55(39-19-13-10-14-20-39,40-25-29-44(64-8)30-26-40)41-27-31-45(65-9)32-28-41)69-52(49)60-34-57-47-50(60)58-53(56-7)59-51(47)70-54(63)61(42-21-15-11-16-22-42)43-23-17-12-18-24-43/h10-32,34,36-38,46,48-49,52,62H,33,35H2,1-9H3,(H,56,58,59)/t46-,48-,49-,52-/m1/s1. The van der Waals surface area contributed by atoms with Gasteiger partial charge >= 0.3 is 6.09 Å². The molecule has 4 atom stereocenters. The number of aliphatic hydroxyl groups is 1. The molecule has 8 rings (SSSR count). The molecule has 15 nitrogen and oxygen atoms in total. The van der Waals surface area contributed by atoms with E-state index in [1.54, 1.807) is 25.8 Å². The average molecular weight is 981 g/mol. The Morgan fingerprint density at radius 3 is 1.75 bits per heavy atom. The molecule has 0 spiro atoms. The van der Waals surface area contributed by atoms with Crippen molar-refractivity contribution in [2.24, 2.45) is 0 Å². The minimum absolute atomic E-state index is 0.0904. The van der Waals surface area contributed by atoms with Gasteiger partial charge in [-0.3, -0.25) is 4.57 Å². The Morgan fingerprint density at radius 2 is 1.25 bits per heavy atom. The van der Waals surface area contributed by atoms with Gasteiger partial charge in [-0.25, -0.2) is 14.7 Å². The minimum atomic E-state index is -2.42. The highest BCUT2D eigenvalue weighted by Gasteiger charge is 2.50. The molecule has 0 unspecified atom stereocenters. The van der Waals surface area contributed by atoms with Crippen LogP contribution in [0, 0.1) is 0 Å². The molecule has 5 aromatic carbocycles. The number of fused-ring (bicyclic) bond motifs is 1. The van der Waals surface area contributed by atoms with E-state index in [4.69, 9.17) is 42.8 Å². The summed E-state index contributed by atoms with van der Waals surface area (Å²) in [5.74, 6) is 1.43. The lowest BCUT2D eigenvalue weighted by atomic mass is 9.80. The second kappa shape index (κ2) is 22.2. The van der Waals surface area contributed by atoms with Crippen LogP contribution >= 0.6 is 0 Å². The van der Waals surface area contributed by atoms with Crippen LogP contribution in [-0.4, -0.2) is 92.0 Å². The molecule has 0 bridgehead atoms. The second-order valence-electron chi connectivity index (χ2n) is 18.4. The number of nitrogens with zero attached hydrogens (tertiary/aromatic N) is 5. The Bertz CT molecular complexity index is 2710. The molecule has 1 aliphatic rings. The lowest BCUT2D eigenvalue weighted by molar-refractivity contribution is -0.114. The number of rotatable bonds is 20. The van der Waals surface area contributed by atoms with Crippen LogP contribution in [0.1, 0.15) is 64.5 Å². The van der Waals surface area contributed by atoms with Crippen molar-refractivity contribution < 1.29 is 42.7 Å². The predicted molar refractivity (Wildman–Crippen MR) is 276 cm³/mol. The molecule has 71 heavy (non-hydrogen) atoms. The highest BCUT2D eigenvalue weighted by Crippen LogP contribution is 2.45. The van der Waals surface area contributed by atoms with Crippen LogP contribution in [0.5, 0.6) is 17.4 Å². The summed E-state index contributed by atoms with van der Waals surface area (Å²) in [5, 5.41) is 15.6. The topological polar surface area (TPSA) is 161 Å². The van der Waals surface area contributed by atoms with Crippen LogP contribution in [-0.2, 0) is 24.2 Å². The number of nitrogens with one attached hydrogen (secondary N) is 1. The summed E-state index contributed by atoms with van der Waals surface area (Å²) in [6, 6.07) is 43.8. The molecule has 0 radical (unpaired) electrons. The maximum Gasteiger partial charge on any atom is 0.425 e. The molecule has 16 heteroatoms. The van der Waals surface area contributed by atoms with Gasteiger partial charge in [0.2, 0.25) is 14.3 Å². The number of imidazole rings is 1. The highest BCUT2D eigenvalue weighted by molar-refractivity contribution is 6.77. The van der Waals surface area contributed by atoms with Gasteiger partial charge in [0.15, 0.2) is 17.4 Å². The van der Waals surface area contributed by atoms with Crippen LogP contribution in [0.3, 0.4) is 0 Å². The average Bonchev–Trinajstić information content (AvgIpc) is 3.96. The second-order valence-corrected chi connectivity index (χ2v) is 23.8. The summed E-state index contributed by atoms with van der Waals surface area (Å²) in [6.45, 7) is 13.1. The first-order valence-corrected chi connectivity index (χ1v) is 26.1. The van der Waals surface area contributed by atoms with Crippen LogP contribution in [0.4, 0.5) is 22.1 Å². The third kappa shape index (κ3) is 10.1. The Balaban J connectivity index is 1.19. The zero-order valence-electron chi connectivity index (χ0n) is 41.8. The molecule has 1 aliphatic heterocycles. The van der Waals surface area contributed by atoms with Gasteiger partial charge in [0, 0.05) is 7.05 Å². The van der Waals surface area contributed by atoms with E-state index in [0.29, 0.717) is 22.9 Å². The maximum absolute atomic E-state index is 14.3. The third-order valence-corrected chi connectivity index (χ3v) is 19.5. The summed E-state index contributed by atoms with van der Waals surface area (Å²) in [6.07, 6.45) is -3.44. The van der Waals surface area contributed by atoms with Crippen molar-refractivity contribution in [1.29, 1.82) is 0 Å². The number of aromatic nitrogens is 4. The van der Waals surface area contributed by atoms with Crippen molar-refractivity contribution in [3.05, 3.63) is 163 Å². The lowest BCUT2D eigenvalue weighted by Crippen LogP contribution is -2.49. The largest absolute Gasteiger partial charge is 0.497 e. The number of carbonyl (C=O) groups excluding carboxylic acids is 1. The molecule has 2 N–H and O–H groups in total. The Kier molecular flexibility index (Phi) is 15.8. The van der Waals surface area contributed by atoms with Gasteiger partial charge in [0.1, 0.15) is 42.2 Å². The molecule has 0 saturated carbocycles. The number of hydrogen-bond acceptors (Lipinski definition) is 13. The third-order valence-electron chi connectivity index (χ3n) is 13.5. The molecule has 372 valence electrons. The monoisotopic (exact) mass is 980 g/mol. The quantitative estimate of drug-likeness (QED) is 0.0422. The van der Waals surface area contributed by atoms with Crippen molar-refractivity contribution in [2.75, 3.05) is 44.9 Å². The summed E-state index contributed by atoms with van der Waals surface area (Å²) < 4.78 is 46.8. The van der Waals surface area contributed by atoms with Crippen molar-refractivity contribution in [3.63, 3.8) is 0 Å². The fourth-order valence-corrected chi connectivity index (χ4v) is 15.4. The van der Waals surface area contributed by atoms with Crippen LogP contribution in [0.15, 0.2) is 146 Å². The van der Waals surface area contributed by atoms with E-state index in [-0.39, 0.29) is 53.0 Å². The fraction of sp³-hybridized carbons (Fsp3) is 0.345. The van der Waals surface area contributed by atoms with Crippen molar-refractivity contribution in [1.82, 2.24) is 19.5 Å². The minimum Gasteiger partial charge on any atom is -0.497 e. The Labute approximate surface area is 416 Å². The van der Waals surface area contributed by atoms with Crippen LogP contribution < -0.4 is 24.4 Å². The summed E-state index contributed by atoms with van der Waals surface area (Å²) in [4.78, 5) is 29.9. The number of ether oxygens (including phenoxy) is 6. The molecule has 3 heterocycles. The number of aliphatic hydroxyl groups excluding tert-OH is 1.